The lowest BCUT2D eigenvalue weighted by atomic mass is 10.0. The van der Waals surface area contributed by atoms with Crippen LogP contribution in [-0.4, -0.2) is 67.1 Å². The fraction of sp³-hybridized carbons (Fsp3) is 0.524. The largest absolute Gasteiger partial charge is 0.497 e. The van der Waals surface area contributed by atoms with Crippen LogP contribution in [0.3, 0.4) is 0 Å². The summed E-state index contributed by atoms with van der Waals surface area (Å²) in [5.41, 5.74) is 3.50. The molecule has 0 spiro atoms. The summed E-state index contributed by atoms with van der Waals surface area (Å²) in [6.45, 7) is 4.39. The van der Waals surface area contributed by atoms with Gasteiger partial charge in [-0.2, -0.15) is 5.10 Å². The molecule has 1 aliphatic rings. The Morgan fingerprint density at radius 2 is 2.17 bits per heavy atom. The highest BCUT2D eigenvalue weighted by Crippen LogP contribution is 2.31. The van der Waals surface area contributed by atoms with E-state index in [2.05, 4.69) is 5.10 Å². The van der Waals surface area contributed by atoms with Crippen LogP contribution >= 0.6 is 0 Å². The van der Waals surface area contributed by atoms with E-state index in [-0.39, 0.29) is 25.0 Å². The fourth-order valence-corrected chi connectivity index (χ4v) is 3.75. The smallest absolute Gasteiger partial charge is 0.261 e. The third-order valence-corrected chi connectivity index (χ3v) is 5.13. The number of amides is 1. The van der Waals surface area contributed by atoms with Crippen LogP contribution in [0.4, 0.5) is 8.78 Å². The molecule has 1 unspecified atom stereocenters. The lowest BCUT2D eigenvalue weighted by molar-refractivity contribution is -0.141. The van der Waals surface area contributed by atoms with E-state index >= 15 is 0 Å². The van der Waals surface area contributed by atoms with E-state index in [1.165, 1.54) is 0 Å². The van der Waals surface area contributed by atoms with Crippen molar-refractivity contribution in [1.29, 1.82) is 0 Å². The molecule has 1 atom stereocenters. The third kappa shape index (κ3) is 4.96. The van der Waals surface area contributed by atoms with Crippen molar-refractivity contribution in [2.45, 2.75) is 32.7 Å². The van der Waals surface area contributed by atoms with E-state index < -0.39 is 13.0 Å². The molecule has 0 saturated carbocycles. The molecule has 1 fully saturated rings. The number of hydrogen-bond acceptors (Lipinski definition) is 5. The van der Waals surface area contributed by atoms with Crippen LogP contribution in [0, 0.1) is 13.8 Å². The number of hydrogen-bond donors (Lipinski definition) is 0. The monoisotopic (exact) mass is 423 g/mol. The van der Waals surface area contributed by atoms with Crippen LogP contribution in [0.5, 0.6) is 5.75 Å². The summed E-state index contributed by atoms with van der Waals surface area (Å²) in [7, 11) is 1.61. The van der Waals surface area contributed by atoms with Crippen LogP contribution in [0.15, 0.2) is 24.3 Å². The Labute approximate surface area is 174 Å². The molecule has 9 heteroatoms. The lowest BCUT2D eigenvalue weighted by Gasteiger charge is -2.36. The van der Waals surface area contributed by atoms with Crippen LogP contribution in [0.25, 0.3) is 5.69 Å². The van der Waals surface area contributed by atoms with E-state index in [1.54, 1.807) is 12.0 Å². The van der Waals surface area contributed by atoms with E-state index in [0.717, 1.165) is 28.4 Å². The number of aromatic nitrogens is 2. The van der Waals surface area contributed by atoms with Crippen molar-refractivity contribution < 1.29 is 27.8 Å². The summed E-state index contributed by atoms with van der Waals surface area (Å²) in [4.78, 5) is 14.5. The number of halogens is 2. The Hall–Kier alpha value is -2.52. The van der Waals surface area contributed by atoms with Crippen LogP contribution in [0.1, 0.15) is 29.4 Å². The van der Waals surface area contributed by atoms with Gasteiger partial charge in [-0.1, -0.05) is 6.07 Å². The van der Waals surface area contributed by atoms with Crippen LogP contribution < -0.4 is 4.74 Å². The number of nitrogens with zero attached hydrogens (tertiary/aromatic N) is 3. The number of carbonyl (C=O) groups is 1. The lowest BCUT2D eigenvalue weighted by Crippen LogP contribution is -2.44. The molecule has 0 aliphatic carbocycles. The van der Waals surface area contributed by atoms with E-state index in [9.17, 15) is 13.6 Å². The van der Waals surface area contributed by atoms with Crippen molar-refractivity contribution in [1.82, 2.24) is 14.7 Å². The summed E-state index contributed by atoms with van der Waals surface area (Å²) in [6, 6.07) is 7.29. The molecule has 1 aromatic heterocycles. The van der Waals surface area contributed by atoms with Crippen molar-refractivity contribution in [2.75, 3.05) is 40.1 Å². The van der Waals surface area contributed by atoms with Crippen LogP contribution in [-0.2, 0) is 14.3 Å². The zero-order valence-electron chi connectivity index (χ0n) is 17.4. The first kappa shape index (κ1) is 22.2. The fourth-order valence-electron chi connectivity index (χ4n) is 3.75. The summed E-state index contributed by atoms with van der Waals surface area (Å²) >= 11 is 0. The number of benzene rings is 1. The van der Waals surface area contributed by atoms with Gasteiger partial charge < -0.3 is 19.1 Å². The maximum Gasteiger partial charge on any atom is 0.261 e. The normalized spacial score (nSPS) is 16.9. The molecule has 30 heavy (non-hydrogen) atoms. The molecule has 164 valence electrons. The number of morpholine rings is 1. The second-order valence-corrected chi connectivity index (χ2v) is 7.09. The number of alkyl halides is 2. The quantitative estimate of drug-likeness (QED) is 0.611. The standard InChI is InChI=1S/C21H27F2N3O4/c1-14-21(15(2)26(24-14)16-5-4-6-17(11-16)28-3)18-12-30-10-8-25(18)20(27)7-9-29-13-19(22)23/h4-6,11,18-19H,7-10,12-13H2,1-3H3. The number of carbonyl (C=O) groups excluding carboxylic acids is 1. The van der Waals surface area contributed by atoms with Gasteiger partial charge in [0.05, 0.1) is 50.8 Å². The Kier molecular flexibility index (Phi) is 7.38. The predicted molar refractivity (Wildman–Crippen MR) is 106 cm³/mol. The highest BCUT2D eigenvalue weighted by Gasteiger charge is 2.32. The molecule has 0 radical (unpaired) electrons. The summed E-state index contributed by atoms with van der Waals surface area (Å²) in [6.07, 6.45) is -2.49. The maximum atomic E-state index is 12.8. The summed E-state index contributed by atoms with van der Waals surface area (Å²) in [5.74, 6) is 0.578. The van der Waals surface area contributed by atoms with Crippen molar-refractivity contribution >= 4 is 5.91 Å². The van der Waals surface area contributed by atoms with E-state index in [0.29, 0.717) is 19.8 Å². The molecule has 1 aliphatic heterocycles. The summed E-state index contributed by atoms with van der Waals surface area (Å²) < 4.78 is 42.1. The van der Waals surface area contributed by atoms with Gasteiger partial charge >= 0.3 is 0 Å². The minimum atomic E-state index is -2.54. The second-order valence-electron chi connectivity index (χ2n) is 7.09. The Bertz CT molecular complexity index is 872. The van der Waals surface area contributed by atoms with Gasteiger partial charge in [0.15, 0.2) is 0 Å². The Morgan fingerprint density at radius 3 is 2.90 bits per heavy atom. The summed E-state index contributed by atoms with van der Waals surface area (Å²) in [5, 5.41) is 4.68. The first-order valence-corrected chi connectivity index (χ1v) is 9.86. The minimum Gasteiger partial charge on any atom is -0.497 e. The highest BCUT2D eigenvalue weighted by molar-refractivity contribution is 5.77. The molecule has 1 aromatic carbocycles. The van der Waals surface area contributed by atoms with Gasteiger partial charge in [-0.05, 0) is 26.0 Å². The minimum absolute atomic E-state index is 0.0334. The Balaban J connectivity index is 1.82. The molecular formula is C21H27F2N3O4. The van der Waals surface area contributed by atoms with Crippen molar-refractivity contribution in [3.05, 3.63) is 41.2 Å². The van der Waals surface area contributed by atoms with E-state index in [1.807, 2.05) is 42.8 Å². The second kappa shape index (κ2) is 9.99. The van der Waals surface area contributed by atoms with Crippen LogP contribution in [0.2, 0.25) is 0 Å². The molecular weight excluding hydrogens is 396 g/mol. The molecule has 2 heterocycles. The number of rotatable bonds is 8. The maximum absolute atomic E-state index is 12.8. The van der Waals surface area contributed by atoms with Crippen molar-refractivity contribution in [3.8, 4) is 11.4 Å². The van der Waals surface area contributed by atoms with Gasteiger partial charge in [0.2, 0.25) is 5.91 Å². The van der Waals surface area contributed by atoms with Gasteiger partial charge in [0.25, 0.3) is 6.43 Å². The zero-order chi connectivity index (χ0) is 21.7. The predicted octanol–water partition coefficient (Wildman–Crippen LogP) is 3.07. The van der Waals surface area contributed by atoms with E-state index in [4.69, 9.17) is 14.2 Å². The SMILES string of the molecule is COc1cccc(-n2nc(C)c(C3COCCN3C(=O)CCOCC(F)F)c2C)c1. The molecule has 1 saturated heterocycles. The molecule has 3 rings (SSSR count). The molecule has 7 nitrogen and oxygen atoms in total. The van der Waals surface area contributed by atoms with Crippen molar-refractivity contribution in [3.63, 3.8) is 0 Å². The topological polar surface area (TPSA) is 65.8 Å². The van der Waals surface area contributed by atoms with Gasteiger partial charge in [-0.15, -0.1) is 0 Å². The first-order chi connectivity index (χ1) is 14.4. The van der Waals surface area contributed by atoms with Crippen molar-refractivity contribution in [2.24, 2.45) is 0 Å². The van der Waals surface area contributed by atoms with Gasteiger partial charge in [0, 0.05) is 23.9 Å². The van der Waals surface area contributed by atoms with Gasteiger partial charge in [-0.3, -0.25) is 4.79 Å². The molecule has 1 amide bonds. The third-order valence-electron chi connectivity index (χ3n) is 5.13. The molecule has 0 bridgehead atoms. The number of ether oxygens (including phenoxy) is 3. The first-order valence-electron chi connectivity index (χ1n) is 9.86. The molecule has 2 aromatic rings. The number of aryl methyl sites for hydroxylation is 1. The average Bonchev–Trinajstić information content (AvgIpc) is 3.04. The highest BCUT2D eigenvalue weighted by atomic mass is 19.3. The Morgan fingerprint density at radius 1 is 1.37 bits per heavy atom. The number of methoxy groups -OCH3 is 1. The van der Waals surface area contributed by atoms with Gasteiger partial charge in [0.1, 0.15) is 12.4 Å². The zero-order valence-corrected chi connectivity index (χ0v) is 17.4. The average molecular weight is 423 g/mol. The van der Waals surface area contributed by atoms with Gasteiger partial charge in [-0.25, -0.2) is 13.5 Å². The molecule has 0 N–H and O–H groups in total.